The Morgan fingerprint density at radius 3 is 2.59 bits per heavy atom. The molecule has 2 aromatic carbocycles. The molecule has 0 saturated heterocycles. The van der Waals surface area contributed by atoms with Crippen LogP contribution in [0.5, 0.6) is 0 Å². The van der Waals surface area contributed by atoms with Gasteiger partial charge in [-0.1, -0.05) is 35.9 Å². The molecule has 0 aliphatic heterocycles. The number of halogens is 1. The molecule has 0 radical (unpaired) electrons. The first-order valence-electron chi connectivity index (χ1n) is 8.12. The highest BCUT2D eigenvalue weighted by Gasteiger charge is 2.13. The molecule has 0 unspecified atom stereocenters. The van der Waals surface area contributed by atoms with Crippen molar-refractivity contribution in [2.75, 3.05) is 5.32 Å². The van der Waals surface area contributed by atoms with Crippen LogP contribution >= 0.6 is 11.6 Å². The van der Waals surface area contributed by atoms with Gasteiger partial charge in [-0.3, -0.25) is 9.78 Å². The van der Waals surface area contributed by atoms with Crippen LogP contribution in [0.15, 0.2) is 53.3 Å². The van der Waals surface area contributed by atoms with Crippen molar-refractivity contribution in [3.8, 4) is 17.3 Å². The predicted molar refractivity (Wildman–Crippen MR) is 103 cm³/mol. The summed E-state index contributed by atoms with van der Waals surface area (Å²) >= 11 is 5.91. The number of hydrogen-bond donors (Lipinski definition) is 3. The first kappa shape index (κ1) is 16.8. The predicted octanol–water partition coefficient (Wildman–Crippen LogP) is 3.45. The number of hydrogen-bond acceptors (Lipinski definition) is 5. The third-order valence-corrected chi connectivity index (χ3v) is 4.26. The van der Waals surface area contributed by atoms with Gasteiger partial charge in [0, 0.05) is 10.6 Å². The fraction of sp³-hybridized carbons (Fsp3) is 0.0526. The Bertz CT molecular complexity index is 1190. The molecule has 0 fully saturated rings. The van der Waals surface area contributed by atoms with Crippen LogP contribution in [-0.4, -0.2) is 19.9 Å². The fourth-order valence-electron chi connectivity index (χ4n) is 2.73. The Balaban J connectivity index is 1.66. The van der Waals surface area contributed by atoms with Crippen LogP contribution in [0.25, 0.3) is 22.3 Å². The summed E-state index contributed by atoms with van der Waals surface area (Å²) in [5.74, 6) is 0.959. The maximum absolute atomic E-state index is 12.3. The number of anilines is 1. The maximum atomic E-state index is 12.3. The van der Waals surface area contributed by atoms with Gasteiger partial charge in [0.1, 0.15) is 17.5 Å². The van der Waals surface area contributed by atoms with Gasteiger partial charge in [0.05, 0.1) is 23.3 Å². The van der Waals surface area contributed by atoms with Crippen LogP contribution < -0.4 is 10.9 Å². The maximum Gasteiger partial charge on any atom is 0.270 e. The number of benzene rings is 2. The van der Waals surface area contributed by atoms with Crippen LogP contribution in [0.1, 0.15) is 11.4 Å². The molecule has 4 rings (SSSR count). The molecule has 2 heterocycles. The van der Waals surface area contributed by atoms with Crippen molar-refractivity contribution in [2.24, 2.45) is 0 Å². The van der Waals surface area contributed by atoms with Crippen LogP contribution in [0.2, 0.25) is 5.02 Å². The summed E-state index contributed by atoms with van der Waals surface area (Å²) in [6, 6.07) is 16.4. The van der Waals surface area contributed by atoms with Crippen LogP contribution in [0.4, 0.5) is 5.95 Å². The van der Waals surface area contributed by atoms with Crippen LogP contribution in [0, 0.1) is 11.3 Å². The molecule has 8 heteroatoms. The molecule has 0 amide bonds. The molecule has 0 aliphatic rings. The molecule has 27 heavy (non-hydrogen) atoms. The van der Waals surface area contributed by atoms with E-state index < -0.39 is 5.56 Å². The second-order valence-electron chi connectivity index (χ2n) is 5.81. The molecule has 0 aliphatic carbocycles. The van der Waals surface area contributed by atoms with Crippen molar-refractivity contribution in [3.63, 3.8) is 0 Å². The van der Waals surface area contributed by atoms with E-state index in [1.807, 2.05) is 30.3 Å². The number of para-hydroxylation sites is 2. The topological polar surface area (TPSA) is 110 Å². The standard InChI is InChI=1S/C19H13ClN6O/c20-12-7-5-11(6-8-12)17-13(9-21)18(27)26-19(25-17)22-10-16-23-14-3-1-2-4-15(14)24-16/h1-8H,10H2,(H,23,24)(H2,22,25,26,27). The summed E-state index contributed by atoms with van der Waals surface area (Å²) in [6.45, 7) is 0.337. The number of aromatic amines is 2. The van der Waals surface area contributed by atoms with E-state index in [9.17, 15) is 10.1 Å². The molecule has 132 valence electrons. The van der Waals surface area contributed by atoms with E-state index in [4.69, 9.17) is 11.6 Å². The van der Waals surface area contributed by atoms with Gasteiger partial charge in [-0.05, 0) is 24.3 Å². The van der Waals surface area contributed by atoms with Crippen molar-refractivity contribution in [3.05, 3.63) is 75.3 Å². The molecule has 0 saturated carbocycles. The van der Waals surface area contributed by atoms with Crippen molar-refractivity contribution in [1.82, 2.24) is 19.9 Å². The average molecular weight is 377 g/mol. The number of imidazole rings is 1. The Kier molecular flexibility index (Phi) is 4.32. The first-order chi connectivity index (χ1) is 13.1. The SMILES string of the molecule is N#Cc1c(-c2ccc(Cl)cc2)nc(NCc2nc3ccccc3[nH]2)[nH]c1=O. The fourth-order valence-corrected chi connectivity index (χ4v) is 2.86. The van der Waals surface area contributed by atoms with Crippen molar-refractivity contribution >= 4 is 28.6 Å². The minimum atomic E-state index is -0.510. The lowest BCUT2D eigenvalue weighted by Crippen LogP contribution is -2.17. The zero-order valence-corrected chi connectivity index (χ0v) is 14.7. The molecule has 0 spiro atoms. The van der Waals surface area contributed by atoms with Gasteiger partial charge < -0.3 is 10.3 Å². The van der Waals surface area contributed by atoms with Crippen molar-refractivity contribution in [2.45, 2.75) is 6.54 Å². The van der Waals surface area contributed by atoms with Crippen LogP contribution in [0.3, 0.4) is 0 Å². The molecule has 0 atom stereocenters. The Hall–Kier alpha value is -3.63. The molecule has 2 aromatic heterocycles. The number of fused-ring (bicyclic) bond motifs is 1. The second-order valence-corrected chi connectivity index (χ2v) is 6.25. The lowest BCUT2D eigenvalue weighted by Gasteiger charge is -2.08. The third-order valence-electron chi connectivity index (χ3n) is 4.01. The molecule has 4 aromatic rings. The van der Waals surface area contributed by atoms with Gasteiger partial charge >= 0.3 is 0 Å². The quantitative estimate of drug-likeness (QED) is 0.505. The molecular weight excluding hydrogens is 364 g/mol. The summed E-state index contributed by atoms with van der Waals surface area (Å²) in [5.41, 5.74) is 2.16. The molecule has 3 N–H and O–H groups in total. The minimum absolute atomic E-state index is 0.0494. The third kappa shape index (κ3) is 3.38. The van der Waals surface area contributed by atoms with E-state index in [1.54, 1.807) is 24.3 Å². The summed E-state index contributed by atoms with van der Waals surface area (Å²) in [6.07, 6.45) is 0. The Morgan fingerprint density at radius 2 is 1.85 bits per heavy atom. The highest BCUT2D eigenvalue weighted by atomic mass is 35.5. The summed E-state index contributed by atoms with van der Waals surface area (Å²) in [4.78, 5) is 26.9. The molecule has 7 nitrogen and oxygen atoms in total. The Labute approximate surface area is 158 Å². The van der Waals surface area contributed by atoms with Gasteiger partial charge in [0.25, 0.3) is 5.56 Å². The number of rotatable bonds is 4. The number of nitrogens with one attached hydrogen (secondary N) is 3. The zero-order valence-electron chi connectivity index (χ0n) is 14.0. The summed E-state index contributed by atoms with van der Waals surface area (Å²) < 4.78 is 0. The van der Waals surface area contributed by atoms with E-state index in [0.29, 0.717) is 28.6 Å². The smallest absolute Gasteiger partial charge is 0.270 e. The van der Waals surface area contributed by atoms with Gasteiger partial charge in [-0.15, -0.1) is 0 Å². The van der Waals surface area contributed by atoms with Crippen LogP contribution in [-0.2, 0) is 6.54 Å². The van der Waals surface area contributed by atoms with Gasteiger partial charge in [-0.2, -0.15) is 5.26 Å². The lowest BCUT2D eigenvalue weighted by atomic mass is 10.1. The number of nitriles is 1. The number of nitrogens with zero attached hydrogens (tertiary/aromatic N) is 3. The highest BCUT2D eigenvalue weighted by molar-refractivity contribution is 6.30. The zero-order chi connectivity index (χ0) is 18.8. The molecule has 0 bridgehead atoms. The number of H-pyrrole nitrogens is 2. The molecular formula is C19H13ClN6O. The van der Waals surface area contributed by atoms with Gasteiger partial charge in [-0.25, -0.2) is 9.97 Å². The Morgan fingerprint density at radius 1 is 1.07 bits per heavy atom. The lowest BCUT2D eigenvalue weighted by molar-refractivity contribution is 0.968. The van der Waals surface area contributed by atoms with Gasteiger partial charge in [0.2, 0.25) is 5.95 Å². The summed E-state index contributed by atoms with van der Waals surface area (Å²) in [5, 5.41) is 12.9. The van der Waals surface area contributed by atoms with E-state index in [0.717, 1.165) is 11.0 Å². The van der Waals surface area contributed by atoms with Crippen molar-refractivity contribution in [1.29, 1.82) is 5.26 Å². The van der Waals surface area contributed by atoms with Gasteiger partial charge in [0.15, 0.2) is 0 Å². The highest BCUT2D eigenvalue weighted by Crippen LogP contribution is 2.22. The largest absolute Gasteiger partial charge is 0.349 e. The average Bonchev–Trinajstić information content (AvgIpc) is 3.09. The van der Waals surface area contributed by atoms with E-state index in [-0.39, 0.29) is 11.5 Å². The van der Waals surface area contributed by atoms with E-state index in [2.05, 4.69) is 25.3 Å². The normalized spacial score (nSPS) is 10.7. The first-order valence-corrected chi connectivity index (χ1v) is 8.49. The van der Waals surface area contributed by atoms with E-state index >= 15 is 0 Å². The van der Waals surface area contributed by atoms with E-state index in [1.165, 1.54) is 0 Å². The monoisotopic (exact) mass is 376 g/mol. The minimum Gasteiger partial charge on any atom is -0.349 e. The second kappa shape index (κ2) is 6.94. The summed E-state index contributed by atoms with van der Waals surface area (Å²) in [7, 11) is 0. The number of aromatic nitrogens is 4. The van der Waals surface area contributed by atoms with Crippen molar-refractivity contribution < 1.29 is 0 Å².